The molecule has 14 heavy (non-hydrogen) atoms. The van der Waals surface area contributed by atoms with Gasteiger partial charge in [-0.3, -0.25) is 4.79 Å². The standard InChI is InChI=1S/C11H17NO2/c1-9-5-7-12(8-6-9)11(14)4-3-10(2)13/h5H,3-4,6-8H2,1-2H3. The maximum Gasteiger partial charge on any atom is 0.223 e. The summed E-state index contributed by atoms with van der Waals surface area (Å²) in [7, 11) is 0. The SMILES string of the molecule is CC(=O)CCC(=O)N1CC=C(C)CC1. The topological polar surface area (TPSA) is 37.4 Å². The maximum absolute atomic E-state index is 11.6. The van der Waals surface area contributed by atoms with Gasteiger partial charge in [-0.05, 0) is 20.3 Å². The van der Waals surface area contributed by atoms with Gasteiger partial charge in [0.2, 0.25) is 5.91 Å². The number of hydrogen-bond acceptors (Lipinski definition) is 2. The van der Waals surface area contributed by atoms with E-state index in [1.165, 1.54) is 12.5 Å². The molecule has 0 radical (unpaired) electrons. The smallest absolute Gasteiger partial charge is 0.223 e. The second-order valence-corrected chi connectivity index (χ2v) is 3.84. The van der Waals surface area contributed by atoms with E-state index in [2.05, 4.69) is 13.0 Å². The summed E-state index contributed by atoms with van der Waals surface area (Å²) in [5.74, 6) is 0.186. The van der Waals surface area contributed by atoms with E-state index < -0.39 is 0 Å². The molecular formula is C11H17NO2. The second kappa shape index (κ2) is 4.94. The van der Waals surface area contributed by atoms with Crippen molar-refractivity contribution in [3.05, 3.63) is 11.6 Å². The Kier molecular flexibility index (Phi) is 3.86. The molecule has 0 aliphatic carbocycles. The third kappa shape index (κ3) is 3.32. The fourth-order valence-corrected chi connectivity index (χ4v) is 1.44. The fourth-order valence-electron chi connectivity index (χ4n) is 1.44. The van der Waals surface area contributed by atoms with Crippen LogP contribution in [0.4, 0.5) is 0 Å². The molecule has 0 aromatic rings. The Bertz CT molecular complexity index is 268. The number of amides is 1. The first kappa shape index (κ1) is 11.0. The highest BCUT2D eigenvalue weighted by Crippen LogP contribution is 2.11. The number of hydrogen-bond donors (Lipinski definition) is 0. The summed E-state index contributed by atoms with van der Waals surface area (Å²) in [6, 6.07) is 0. The third-order valence-corrected chi connectivity index (χ3v) is 2.48. The van der Waals surface area contributed by atoms with Crippen molar-refractivity contribution >= 4 is 11.7 Å². The molecule has 0 N–H and O–H groups in total. The number of rotatable bonds is 3. The molecule has 78 valence electrons. The van der Waals surface area contributed by atoms with Crippen molar-refractivity contribution in [1.29, 1.82) is 0 Å². The molecule has 0 saturated heterocycles. The molecule has 1 amide bonds. The van der Waals surface area contributed by atoms with Gasteiger partial charge in [-0.1, -0.05) is 11.6 Å². The Balaban J connectivity index is 2.35. The molecule has 1 aliphatic heterocycles. The summed E-state index contributed by atoms with van der Waals surface area (Å²) in [5.41, 5.74) is 1.35. The normalized spacial score (nSPS) is 16.4. The lowest BCUT2D eigenvalue weighted by molar-refractivity contribution is -0.132. The molecule has 0 bridgehead atoms. The minimum Gasteiger partial charge on any atom is -0.339 e. The number of nitrogens with zero attached hydrogens (tertiary/aromatic N) is 1. The van der Waals surface area contributed by atoms with Gasteiger partial charge in [-0.25, -0.2) is 0 Å². The quantitative estimate of drug-likeness (QED) is 0.640. The highest BCUT2D eigenvalue weighted by atomic mass is 16.2. The lowest BCUT2D eigenvalue weighted by atomic mass is 10.1. The molecule has 3 nitrogen and oxygen atoms in total. The summed E-state index contributed by atoms with van der Waals surface area (Å²) >= 11 is 0. The van der Waals surface area contributed by atoms with Crippen LogP contribution < -0.4 is 0 Å². The van der Waals surface area contributed by atoms with Crippen LogP contribution in [-0.2, 0) is 9.59 Å². The highest BCUT2D eigenvalue weighted by Gasteiger charge is 2.15. The van der Waals surface area contributed by atoms with Crippen molar-refractivity contribution < 1.29 is 9.59 Å². The highest BCUT2D eigenvalue weighted by molar-refractivity contribution is 5.83. The first-order valence-electron chi connectivity index (χ1n) is 5.02. The lowest BCUT2D eigenvalue weighted by Crippen LogP contribution is -2.34. The number of ketones is 1. The van der Waals surface area contributed by atoms with Crippen LogP contribution in [-0.4, -0.2) is 29.7 Å². The minimum absolute atomic E-state index is 0.0853. The average Bonchev–Trinajstić information content (AvgIpc) is 2.15. The lowest BCUT2D eigenvalue weighted by Gasteiger charge is -2.25. The van der Waals surface area contributed by atoms with E-state index in [1.807, 2.05) is 4.90 Å². The third-order valence-electron chi connectivity index (χ3n) is 2.48. The van der Waals surface area contributed by atoms with Crippen LogP contribution in [0.15, 0.2) is 11.6 Å². The van der Waals surface area contributed by atoms with Crippen molar-refractivity contribution in [3.8, 4) is 0 Å². The average molecular weight is 195 g/mol. The van der Waals surface area contributed by atoms with Crippen LogP contribution in [0, 0.1) is 0 Å². The predicted molar refractivity (Wildman–Crippen MR) is 54.9 cm³/mol. The molecule has 0 spiro atoms. The molecular weight excluding hydrogens is 178 g/mol. The summed E-state index contributed by atoms with van der Waals surface area (Å²) in [6.07, 6.45) is 3.78. The van der Waals surface area contributed by atoms with Gasteiger partial charge in [0.1, 0.15) is 5.78 Å². The summed E-state index contributed by atoms with van der Waals surface area (Å²) in [4.78, 5) is 24.1. The second-order valence-electron chi connectivity index (χ2n) is 3.84. The molecule has 0 saturated carbocycles. The van der Waals surface area contributed by atoms with Crippen LogP contribution in [0.2, 0.25) is 0 Å². The van der Waals surface area contributed by atoms with Gasteiger partial charge in [-0.2, -0.15) is 0 Å². The minimum atomic E-state index is 0.0853. The first-order valence-corrected chi connectivity index (χ1v) is 5.02. The number of carbonyl (C=O) groups excluding carboxylic acids is 2. The van der Waals surface area contributed by atoms with E-state index in [-0.39, 0.29) is 11.7 Å². The Morgan fingerprint density at radius 2 is 2.14 bits per heavy atom. The summed E-state index contributed by atoms with van der Waals surface area (Å²) < 4.78 is 0. The van der Waals surface area contributed by atoms with Gasteiger partial charge in [-0.15, -0.1) is 0 Å². The molecule has 0 aromatic heterocycles. The van der Waals surface area contributed by atoms with Gasteiger partial charge in [0, 0.05) is 25.9 Å². The number of Topliss-reactive ketones (excluding diaryl/α,β-unsaturated/α-hetero) is 1. The molecule has 0 aromatic carbocycles. The Morgan fingerprint density at radius 1 is 1.43 bits per heavy atom. The van der Waals surface area contributed by atoms with E-state index >= 15 is 0 Å². The van der Waals surface area contributed by atoms with Crippen LogP contribution in [0.1, 0.15) is 33.1 Å². The van der Waals surface area contributed by atoms with Gasteiger partial charge >= 0.3 is 0 Å². The van der Waals surface area contributed by atoms with Gasteiger partial charge in [0.15, 0.2) is 0 Å². The molecule has 1 aliphatic rings. The fraction of sp³-hybridized carbons (Fsp3) is 0.636. The maximum atomic E-state index is 11.6. The van der Waals surface area contributed by atoms with E-state index in [1.54, 1.807) is 0 Å². The van der Waals surface area contributed by atoms with Crippen LogP contribution in [0.25, 0.3) is 0 Å². The monoisotopic (exact) mass is 195 g/mol. The van der Waals surface area contributed by atoms with Crippen LogP contribution in [0.5, 0.6) is 0 Å². The van der Waals surface area contributed by atoms with Crippen LogP contribution >= 0.6 is 0 Å². The largest absolute Gasteiger partial charge is 0.339 e. The van der Waals surface area contributed by atoms with E-state index in [4.69, 9.17) is 0 Å². The van der Waals surface area contributed by atoms with E-state index in [0.717, 1.165) is 13.0 Å². The predicted octanol–water partition coefficient (Wildman–Crippen LogP) is 1.53. The van der Waals surface area contributed by atoms with Crippen molar-refractivity contribution in [2.75, 3.05) is 13.1 Å². The molecule has 0 fully saturated rings. The van der Waals surface area contributed by atoms with Gasteiger partial charge in [0.25, 0.3) is 0 Å². The van der Waals surface area contributed by atoms with Crippen LogP contribution in [0.3, 0.4) is 0 Å². The first-order chi connectivity index (χ1) is 6.59. The Labute approximate surface area is 84.8 Å². The van der Waals surface area contributed by atoms with Crippen molar-refractivity contribution in [2.24, 2.45) is 0 Å². The van der Waals surface area contributed by atoms with Gasteiger partial charge < -0.3 is 9.69 Å². The van der Waals surface area contributed by atoms with E-state index in [0.29, 0.717) is 19.4 Å². The summed E-state index contributed by atoms with van der Waals surface area (Å²) in [6.45, 7) is 5.12. The Hall–Kier alpha value is -1.12. The van der Waals surface area contributed by atoms with Crippen molar-refractivity contribution in [3.63, 3.8) is 0 Å². The molecule has 0 unspecified atom stereocenters. The molecule has 3 heteroatoms. The zero-order valence-electron chi connectivity index (χ0n) is 8.88. The summed E-state index contributed by atoms with van der Waals surface area (Å²) in [5, 5.41) is 0. The Morgan fingerprint density at radius 3 is 2.64 bits per heavy atom. The van der Waals surface area contributed by atoms with E-state index in [9.17, 15) is 9.59 Å². The van der Waals surface area contributed by atoms with Gasteiger partial charge in [0.05, 0.1) is 0 Å². The molecule has 1 rings (SSSR count). The zero-order valence-corrected chi connectivity index (χ0v) is 8.88. The number of carbonyl (C=O) groups is 2. The molecule has 1 heterocycles. The van der Waals surface area contributed by atoms with Crippen molar-refractivity contribution in [2.45, 2.75) is 33.1 Å². The zero-order chi connectivity index (χ0) is 10.6. The van der Waals surface area contributed by atoms with Crippen molar-refractivity contribution in [1.82, 2.24) is 4.90 Å². The molecule has 0 atom stereocenters.